The van der Waals surface area contributed by atoms with E-state index >= 15 is 0 Å². The van der Waals surface area contributed by atoms with Gasteiger partial charge in [0.05, 0.1) is 32.0 Å². The summed E-state index contributed by atoms with van der Waals surface area (Å²) in [6.07, 6.45) is 32.4. The van der Waals surface area contributed by atoms with Gasteiger partial charge in [-0.25, -0.2) is 0 Å². The van der Waals surface area contributed by atoms with E-state index in [0.717, 1.165) is 38.5 Å². The number of allylic oxidation sites excluding steroid dienone is 1. The SMILES string of the molecule is CCCCCCCCCCCCCCCCCC/C=C/C(O)C(COC1OC(CO)C(OC2OC(CO)C(O)C(O)C2O)C(O)C1O)NC(=O)CCCCCCCCCCCCCCCCCCCCC. The second-order valence-corrected chi connectivity index (χ2v) is 21.1. The molecule has 420 valence electrons. The Labute approximate surface area is 431 Å². The molecule has 0 aromatic heterocycles. The molecule has 2 aliphatic heterocycles. The number of ether oxygens (including phenoxy) is 4. The third-order valence-corrected chi connectivity index (χ3v) is 14.7. The molecule has 12 unspecified atom stereocenters. The second kappa shape index (κ2) is 43.9. The van der Waals surface area contributed by atoms with Crippen molar-refractivity contribution in [2.75, 3.05) is 19.8 Å². The Morgan fingerprint density at radius 3 is 1.30 bits per heavy atom. The van der Waals surface area contributed by atoms with Crippen molar-refractivity contribution < 1.29 is 64.6 Å². The Kier molecular flexibility index (Phi) is 40.7. The van der Waals surface area contributed by atoms with Gasteiger partial charge in [0.1, 0.15) is 48.8 Å². The number of amides is 1. The van der Waals surface area contributed by atoms with Crippen LogP contribution in [0.25, 0.3) is 0 Å². The van der Waals surface area contributed by atoms with Crippen molar-refractivity contribution in [3.8, 4) is 0 Å². The number of carbonyl (C=O) groups is 1. The maximum atomic E-state index is 13.2. The predicted molar refractivity (Wildman–Crippen MR) is 282 cm³/mol. The third kappa shape index (κ3) is 30.2. The summed E-state index contributed by atoms with van der Waals surface area (Å²) in [4.78, 5) is 13.2. The minimum atomic E-state index is -1.78. The van der Waals surface area contributed by atoms with Crippen molar-refractivity contribution in [3.63, 3.8) is 0 Å². The van der Waals surface area contributed by atoms with Gasteiger partial charge in [0.25, 0.3) is 0 Å². The van der Waals surface area contributed by atoms with Crippen molar-refractivity contribution in [2.45, 2.75) is 325 Å². The number of aliphatic hydroxyl groups is 8. The highest BCUT2D eigenvalue weighted by molar-refractivity contribution is 5.76. The molecule has 0 aliphatic carbocycles. The van der Waals surface area contributed by atoms with E-state index in [0.29, 0.717) is 6.42 Å². The van der Waals surface area contributed by atoms with E-state index in [4.69, 9.17) is 18.9 Å². The highest BCUT2D eigenvalue weighted by Gasteiger charge is 2.51. The van der Waals surface area contributed by atoms with E-state index in [1.54, 1.807) is 6.08 Å². The van der Waals surface area contributed by atoms with Gasteiger partial charge in [-0.1, -0.05) is 238 Å². The zero-order chi connectivity index (χ0) is 51.7. The van der Waals surface area contributed by atoms with E-state index in [2.05, 4.69) is 19.2 Å². The summed E-state index contributed by atoms with van der Waals surface area (Å²) in [6, 6.07) is -0.909. The molecule has 0 radical (unpaired) electrons. The van der Waals surface area contributed by atoms with Crippen molar-refractivity contribution in [1.82, 2.24) is 5.32 Å². The first-order valence-electron chi connectivity index (χ1n) is 29.4. The summed E-state index contributed by atoms with van der Waals surface area (Å²) in [5, 5.41) is 87.0. The van der Waals surface area contributed by atoms with Gasteiger partial charge in [0, 0.05) is 6.42 Å². The molecule has 12 atom stereocenters. The summed E-state index contributed by atoms with van der Waals surface area (Å²) in [6.45, 7) is 2.83. The van der Waals surface area contributed by atoms with Crippen molar-refractivity contribution in [1.29, 1.82) is 0 Å². The number of hydrogen-bond acceptors (Lipinski definition) is 13. The number of unbranched alkanes of at least 4 members (excludes halogenated alkanes) is 34. The van der Waals surface area contributed by atoms with Crippen LogP contribution in [0.1, 0.15) is 251 Å². The number of nitrogens with one attached hydrogen (secondary N) is 1. The van der Waals surface area contributed by atoms with E-state index in [-0.39, 0.29) is 18.9 Å². The molecule has 0 aromatic rings. The van der Waals surface area contributed by atoms with Crippen LogP contribution in [0, 0.1) is 0 Å². The molecule has 9 N–H and O–H groups in total. The van der Waals surface area contributed by atoms with E-state index in [1.807, 2.05) is 6.08 Å². The molecule has 14 nitrogen and oxygen atoms in total. The van der Waals surface area contributed by atoms with Gasteiger partial charge in [0.2, 0.25) is 5.91 Å². The fraction of sp³-hybridized carbons (Fsp3) is 0.947. The molecule has 71 heavy (non-hydrogen) atoms. The lowest BCUT2D eigenvalue weighted by molar-refractivity contribution is -0.359. The topological polar surface area (TPSA) is 228 Å². The Bertz CT molecular complexity index is 1240. The van der Waals surface area contributed by atoms with Crippen molar-refractivity contribution in [3.05, 3.63) is 12.2 Å². The van der Waals surface area contributed by atoms with Gasteiger partial charge in [-0.2, -0.15) is 0 Å². The fourth-order valence-corrected chi connectivity index (χ4v) is 9.94. The average Bonchev–Trinajstić information content (AvgIpc) is 3.37. The summed E-state index contributed by atoms with van der Waals surface area (Å²) >= 11 is 0. The zero-order valence-electron chi connectivity index (χ0n) is 45.0. The van der Waals surface area contributed by atoms with Crippen LogP contribution in [0.15, 0.2) is 12.2 Å². The van der Waals surface area contributed by atoms with Gasteiger partial charge >= 0.3 is 0 Å². The van der Waals surface area contributed by atoms with Crippen LogP contribution in [-0.2, 0) is 23.7 Å². The van der Waals surface area contributed by atoms with Crippen LogP contribution in [0.4, 0.5) is 0 Å². The van der Waals surface area contributed by atoms with Gasteiger partial charge in [-0.15, -0.1) is 0 Å². The van der Waals surface area contributed by atoms with Gasteiger partial charge in [0.15, 0.2) is 12.6 Å². The van der Waals surface area contributed by atoms with Gasteiger partial charge in [-0.3, -0.25) is 4.79 Å². The summed E-state index contributed by atoms with van der Waals surface area (Å²) < 4.78 is 22.8. The lowest BCUT2D eigenvalue weighted by Gasteiger charge is -2.46. The molecule has 2 rings (SSSR count). The maximum Gasteiger partial charge on any atom is 0.220 e. The van der Waals surface area contributed by atoms with Crippen molar-refractivity contribution in [2.24, 2.45) is 0 Å². The fourth-order valence-electron chi connectivity index (χ4n) is 9.94. The molecular weight excluding hydrogens is 907 g/mol. The van der Waals surface area contributed by atoms with Gasteiger partial charge < -0.3 is 65.1 Å². The average molecular weight is 1020 g/mol. The largest absolute Gasteiger partial charge is 0.394 e. The molecule has 0 aromatic carbocycles. The molecule has 0 bridgehead atoms. The first-order chi connectivity index (χ1) is 34.6. The Hall–Kier alpha value is -1.27. The number of aliphatic hydroxyl groups excluding tert-OH is 8. The number of hydrogen-bond donors (Lipinski definition) is 9. The van der Waals surface area contributed by atoms with Gasteiger partial charge in [-0.05, 0) is 19.3 Å². The highest BCUT2D eigenvalue weighted by Crippen LogP contribution is 2.30. The standard InChI is InChI=1S/C57H109NO13/c1-3-5-7-9-11-13-15-17-19-21-23-25-27-29-31-33-35-37-39-41-49(62)58-45(46(61)40-38-36-34-32-30-28-26-24-22-20-18-16-14-12-10-8-6-4-2)44-68-56-54(67)52(65)55(48(43-60)70-56)71-57-53(66)51(64)50(63)47(42-59)69-57/h38,40,45-48,50-57,59-61,63-67H,3-37,39,41-44H2,1-2H3,(H,58,62)/b40-38+. The lowest BCUT2D eigenvalue weighted by Crippen LogP contribution is -2.65. The van der Waals surface area contributed by atoms with E-state index < -0.39 is 86.8 Å². The molecule has 2 saturated heterocycles. The highest BCUT2D eigenvalue weighted by atomic mass is 16.7. The monoisotopic (exact) mass is 1020 g/mol. The smallest absolute Gasteiger partial charge is 0.220 e. The molecule has 2 fully saturated rings. The normalized spacial score (nSPS) is 25.8. The molecule has 0 spiro atoms. The van der Waals surface area contributed by atoms with Crippen LogP contribution >= 0.6 is 0 Å². The molecule has 14 heteroatoms. The summed E-state index contributed by atoms with van der Waals surface area (Å²) in [5.41, 5.74) is 0. The molecular formula is C57H109NO13. The van der Waals surface area contributed by atoms with Crippen LogP contribution < -0.4 is 5.32 Å². The van der Waals surface area contributed by atoms with Crippen LogP contribution in [0.3, 0.4) is 0 Å². The minimum absolute atomic E-state index is 0.234. The number of carbonyl (C=O) groups excluding carboxylic acids is 1. The minimum Gasteiger partial charge on any atom is -0.394 e. The number of rotatable bonds is 47. The molecule has 2 aliphatic rings. The summed E-state index contributed by atoms with van der Waals surface area (Å²) in [7, 11) is 0. The van der Waals surface area contributed by atoms with Crippen LogP contribution in [-0.4, -0.2) is 140 Å². The van der Waals surface area contributed by atoms with Crippen LogP contribution in [0.2, 0.25) is 0 Å². The Balaban J connectivity index is 1.78. The maximum absolute atomic E-state index is 13.2. The molecule has 2 heterocycles. The molecule has 1 amide bonds. The predicted octanol–water partition coefficient (Wildman–Crippen LogP) is 9.50. The first-order valence-corrected chi connectivity index (χ1v) is 29.4. The second-order valence-electron chi connectivity index (χ2n) is 21.1. The third-order valence-electron chi connectivity index (χ3n) is 14.7. The quantitative estimate of drug-likeness (QED) is 0.0205. The summed E-state index contributed by atoms with van der Waals surface area (Å²) in [5.74, 6) is -0.234. The van der Waals surface area contributed by atoms with E-state index in [9.17, 15) is 45.6 Å². The van der Waals surface area contributed by atoms with Crippen molar-refractivity contribution >= 4 is 5.91 Å². The van der Waals surface area contributed by atoms with E-state index in [1.165, 1.54) is 186 Å². The zero-order valence-corrected chi connectivity index (χ0v) is 45.0. The van der Waals surface area contributed by atoms with Crippen LogP contribution in [0.5, 0.6) is 0 Å². The first kappa shape index (κ1) is 65.8. The molecule has 0 saturated carbocycles. The Morgan fingerprint density at radius 2 is 0.873 bits per heavy atom. The Morgan fingerprint density at radius 1 is 0.493 bits per heavy atom. The lowest BCUT2D eigenvalue weighted by atomic mass is 9.97.